The molecule has 1 aromatic carbocycles. The Hall–Kier alpha value is -1.13. The Morgan fingerprint density at radius 3 is 2.61 bits per heavy atom. The highest BCUT2D eigenvalue weighted by molar-refractivity contribution is 6.31. The van der Waals surface area contributed by atoms with E-state index in [1.807, 2.05) is 13.8 Å². The summed E-state index contributed by atoms with van der Waals surface area (Å²) in [5.74, 6) is -0.597. The summed E-state index contributed by atoms with van der Waals surface area (Å²) in [6, 6.07) is 3.87. The van der Waals surface area contributed by atoms with Crippen LogP contribution in [-0.4, -0.2) is 23.9 Å². The minimum Gasteiger partial charge on any atom is -0.340 e. The number of benzene rings is 1. The summed E-state index contributed by atoms with van der Waals surface area (Å²) in [6.07, 6.45) is 0. The molecule has 0 radical (unpaired) electrons. The number of carbonyl (C=O) groups excluding carboxylic acids is 1. The molecule has 0 unspecified atom stereocenters. The van der Waals surface area contributed by atoms with Gasteiger partial charge in [0.1, 0.15) is 5.82 Å². The molecule has 0 aliphatic carbocycles. The maximum Gasteiger partial charge on any atom is 0.239 e. The van der Waals surface area contributed by atoms with Crippen molar-refractivity contribution in [2.24, 2.45) is 11.7 Å². The molecule has 0 saturated carbocycles. The Morgan fingerprint density at radius 2 is 2.11 bits per heavy atom. The Morgan fingerprint density at radius 1 is 1.50 bits per heavy atom. The standard InChI is InChI=1S/C13H18ClFN2O/c1-8(2)12(16)13(18)17(3)7-9-10(14)5-4-6-11(9)15/h4-6,8,12H,7,16H2,1-3H3/t12-/m0/s1. The molecule has 1 aromatic rings. The monoisotopic (exact) mass is 272 g/mol. The Balaban J connectivity index is 2.82. The molecule has 0 aliphatic heterocycles. The van der Waals surface area contributed by atoms with E-state index in [2.05, 4.69) is 0 Å². The number of hydrogen-bond donors (Lipinski definition) is 1. The summed E-state index contributed by atoms with van der Waals surface area (Å²) < 4.78 is 13.6. The Kier molecular flexibility index (Phi) is 5.11. The molecule has 5 heteroatoms. The third kappa shape index (κ3) is 3.43. The first-order valence-corrected chi connectivity index (χ1v) is 6.15. The third-order valence-electron chi connectivity index (χ3n) is 2.84. The predicted molar refractivity (Wildman–Crippen MR) is 70.7 cm³/mol. The summed E-state index contributed by atoms with van der Waals surface area (Å²) in [6.45, 7) is 3.85. The van der Waals surface area contributed by atoms with E-state index in [0.29, 0.717) is 10.6 Å². The molecule has 0 spiro atoms. The van der Waals surface area contributed by atoms with Crippen LogP contribution in [0.4, 0.5) is 4.39 Å². The van der Waals surface area contributed by atoms with Gasteiger partial charge in [-0.25, -0.2) is 4.39 Å². The van der Waals surface area contributed by atoms with Gasteiger partial charge in [0.25, 0.3) is 0 Å². The molecule has 0 heterocycles. The Bertz CT molecular complexity index is 417. The van der Waals surface area contributed by atoms with E-state index >= 15 is 0 Å². The number of hydrogen-bond acceptors (Lipinski definition) is 2. The maximum absolute atomic E-state index is 13.6. The minimum absolute atomic E-state index is 0.0380. The van der Waals surface area contributed by atoms with Crippen LogP contribution in [-0.2, 0) is 11.3 Å². The fourth-order valence-electron chi connectivity index (χ4n) is 1.54. The van der Waals surface area contributed by atoms with Crippen LogP contribution < -0.4 is 5.73 Å². The van der Waals surface area contributed by atoms with E-state index in [4.69, 9.17) is 17.3 Å². The second-order valence-electron chi connectivity index (χ2n) is 4.66. The minimum atomic E-state index is -0.583. The highest BCUT2D eigenvalue weighted by Gasteiger charge is 2.22. The average Bonchev–Trinajstić information content (AvgIpc) is 2.31. The van der Waals surface area contributed by atoms with Crippen molar-refractivity contribution in [2.75, 3.05) is 7.05 Å². The molecule has 18 heavy (non-hydrogen) atoms. The summed E-state index contributed by atoms with van der Waals surface area (Å²) in [4.78, 5) is 13.3. The molecule has 0 aromatic heterocycles. The molecule has 0 bridgehead atoms. The lowest BCUT2D eigenvalue weighted by Crippen LogP contribution is -2.44. The maximum atomic E-state index is 13.6. The fraction of sp³-hybridized carbons (Fsp3) is 0.462. The molecule has 0 aliphatic rings. The van der Waals surface area contributed by atoms with Crippen LogP contribution in [0.3, 0.4) is 0 Å². The number of nitrogens with two attached hydrogens (primary N) is 1. The van der Waals surface area contributed by atoms with Gasteiger partial charge in [-0.3, -0.25) is 4.79 Å². The highest BCUT2D eigenvalue weighted by Crippen LogP contribution is 2.20. The van der Waals surface area contributed by atoms with Crippen LogP contribution in [0.5, 0.6) is 0 Å². The molecule has 100 valence electrons. The van der Waals surface area contributed by atoms with E-state index in [1.165, 1.54) is 17.0 Å². The van der Waals surface area contributed by atoms with Gasteiger partial charge in [0.2, 0.25) is 5.91 Å². The van der Waals surface area contributed by atoms with E-state index in [-0.39, 0.29) is 18.4 Å². The van der Waals surface area contributed by atoms with E-state index in [0.717, 1.165) is 0 Å². The quantitative estimate of drug-likeness (QED) is 0.915. The Labute approximate surface area is 112 Å². The van der Waals surface area contributed by atoms with Gasteiger partial charge in [0, 0.05) is 24.2 Å². The molecule has 3 nitrogen and oxygen atoms in total. The summed E-state index contributed by atoms with van der Waals surface area (Å²) >= 11 is 5.91. The van der Waals surface area contributed by atoms with Crippen molar-refractivity contribution in [1.82, 2.24) is 4.90 Å². The van der Waals surface area contributed by atoms with Crippen molar-refractivity contribution in [2.45, 2.75) is 26.4 Å². The smallest absolute Gasteiger partial charge is 0.239 e. The zero-order valence-corrected chi connectivity index (χ0v) is 11.5. The normalized spacial score (nSPS) is 12.6. The van der Waals surface area contributed by atoms with Crippen LogP contribution in [0, 0.1) is 11.7 Å². The van der Waals surface area contributed by atoms with E-state index in [9.17, 15) is 9.18 Å². The van der Waals surface area contributed by atoms with Gasteiger partial charge in [-0.1, -0.05) is 31.5 Å². The molecular formula is C13H18ClFN2O. The summed E-state index contributed by atoms with van der Waals surface area (Å²) in [7, 11) is 1.59. The first kappa shape index (κ1) is 14.9. The number of amides is 1. The van der Waals surface area contributed by atoms with Crippen molar-refractivity contribution in [1.29, 1.82) is 0 Å². The van der Waals surface area contributed by atoms with E-state index in [1.54, 1.807) is 13.1 Å². The number of rotatable bonds is 4. The molecule has 0 saturated heterocycles. The molecule has 1 atom stereocenters. The van der Waals surface area contributed by atoms with E-state index < -0.39 is 11.9 Å². The molecular weight excluding hydrogens is 255 g/mol. The molecule has 0 fully saturated rings. The first-order valence-electron chi connectivity index (χ1n) is 5.78. The third-order valence-corrected chi connectivity index (χ3v) is 3.19. The number of halogens is 2. The number of carbonyl (C=O) groups is 1. The average molecular weight is 273 g/mol. The van der Waals surface area contributed by atoms with Crippen LogP contribution in [0.2, 0.25) is 5.02 Å². The lowest BCUT2D eigenvalue weighted by atomic mass is 10.0. The lowest BCUT2D eigenvalue weighted by Gasteiger charge is -2.24. The van der Waals surface area contributed by atoms with Gasteiger partial charge in [-0.15, -0.1) is 0 Å². The molecule has 2 N–H and O–H groups in total. The van der Waals surface area contributed by atoms with Gasteiger partial charge in [-0.05, 0) is 18.1 Å². The zero-order valence-electron chi connectivity index (χ0n) is 10.8. The second-order valence-corrected chi connectivity index (χ2v) is 5.07. The second kappa shape index (κ2) is 6.16. The van der Waals surface area contributed by atoms with Crippen molar-refractivity contribution in [3.63, 3.8) is 0 Å². The summed E-state index contributed by atoms with van der Waals surface area (Å²) in [5.41, 5.74) is 6.08. The van der Waals surface area contributed by atoms with Crippen LogP contribution in [0.15, 0.2) is 18.2 Å². The lowest BCUT2D eigenvalue weighted by molar-refractivity contribution is -0.132. The van der Waals surface area contributed by atoms with Crippen LogP contribution in [0.1, 0.15) is 19.4 Å². The van der Waals surface area contributed by atoms with Crippen molar-refractivity contribution in [3.8, 4) is 0 Å². The zero-order chi connectivity index (χ0) is 13.9. The van der Waals surface area contributed by atoms with Crippen molar-refractivity contribution in [3.05, 3.63) is 34.6 Å². The summed E-state index contributed by atoms with van der Waals surface area (Å²) in [5, 5.41) is 0.313. The first-order chi connectivity index (χ1) is 8.34. The number of likely N-dealkylation sites (N-methyl/N-ethyl adjacent to an activating group) is 1. The van der Waals surface area contributed by atoms with Crippen LogP contribution >= 0.6 is 11.6 Å². The van der Waals surface area contributed by atoms with Crippen LogP contribution in [0.25, 0.3) is 0 Å². The predicted octanol–water partition coefficient (Wildman–Crippen LogP) is 2.42. The number of nitrogens with zero attached hydrogens (tertiary/aromatic N) is 1. The molecule has 1 rings (SSSR count). The van der Waals surface area contributed by atoms with Gasteiger partial charge in [0.15, 0.2) is 0 Å². The SMILES string of the molecule is CC(C)[C@H](N)C(=O)N(C)Cc1c(F)cccc1Cl. The van der Waals surface area contributed by atoms with Gasteiger partial charge in [-0.2, -0.15) is 0 Å². The highest BCUT2D eigenvalue weighted by atomic mass is 35.5. The van der Waals surface area contributed by atoms with Gasteiger partial charge >= 0.3 is 0 Å². The van der Waals surface area contributed by atoms with Gasteiger partial charge in [0.05, 0.1) is 6.04 Å². The van der Waals surface area contributed by atoms with Gasteiger partial charge < -0.3 is 10.6 Å². The fourth-order valence-corrected chi connectivity index (χ4v) is 1.76. The molecule has 1 amide bonds. The topological polar surface area (TPSA) is 46.3 Å². The largest absolute Gasteiger partial charge is 0.340 e. The van der Waals surface area contributed by atoms with Crippen molar-refractivity contribution < 1.29 is 9.18 Å². The van der Waals surface area contributed by atoms with Crippen molar-refractivity contribution >= 4 is 17.5 Å².